The number of sulfonamides is 1. The molecule has 2 heterocycles. The Morgan fingerprint density at radius 3 is 2.76 bits per heavy atom. The second kappa shape index (κ2) is 4.91. The van der Waals surface area contributed by atoms with Gasteiger partial charge >= 0.3 is 0 Å². The first kappa shape index (κ1) is 14.7. The molecule has 7 heteroatoms. The minimum absolute atomic E-state index is 0.121. The summed E-state index contributed by atoms with van der Waals surface area (Å²) in [5.41, 5.74) is 2.12. The van der Waals surface area contributed by atoms with Crippen molar-refractivity contribution in [3.8, 4) is 0 Å². The van der Waals surface area contributed by atoms with Crippen molar-refractivity contribution in [2.45, 2.75) is 31.1 Å². The van der Waals surface area contributed by atoms with Crippen LogP contribution in [0.1, 0.15) is 30.5 Å². The number of hydrogen-bond donors (Lipinski definition) is 0. The maximum Gasteiger partial charge on any atom is 0.225 e. The van der Waals surface area contributed by atoms with Gasteiger partial charge in [-0.25, -0.2) is 22.7 Å². The highest BCUT2D eigenvalue weighted by Crippen LogP contribution is 2.44. The van der Waals surface area contributed by atoms with Gasteiger partial charge in [-0.3, -0.25) is 0 Å². The van der Waals surface area contributed by atoms with Crippen molar-refractivity contribution < 1.29 is 8.42 Å². The first-order chi connectivity index (χ1) is 9.82. The zero-order valence-corrected chi connectivity index (χ0v) is 13.7. The van der Waals surface area contributed by atoms with E-state index in [0.29, 0.717) is 19.0 Å². The highest BCUT2D eigenvalue weighted by Gasteiger charge is 2.45. The minimum Gasteiger partial charge on any atom is -0.347 e. The van der Waals surface area contributed by atoms with Gasteiger partial charge in [0.15, 0.2) is 0 Å². The molecule has 2 aliphatic rings. The highest BCUT2D eigenvalue weighted by atomic mass is 32.2. The summed E-state index contributed by atoms with van der Waals surface area (Å²) in [6.07, 6.45) is 7.03. The number of hydrogen-bond acceptors (Lipinski definition) is 5. The lowest BCUT2D eigenvalue weighted by molar-refractivity contribution is 0.220. The van der Waals surface area contributed by atoms with E-state index < -0.39 is 10.0 Å². The van der Waals surface area contributed by atoms with Gasteiger partial charge in [-0.2, -0.15) is 0 Å². The van der Waals surface area contributed by atoms with Crippen LogP contribution in [0.15, 0.2) is 6.20 Å². The van der Waals surface area contributed by atoms with Crippen molar-refractivity contribution in [1.29, 1.82) is 0 Å². The van der Waals surface area contributed by atoms with E-state index in [2.05, 4.69) is 4.98 Å². The second-order valence-corrected chi connectivity index (χ2v) is 8.40. The van der Waals surface area contributed by atoms with Crippen LogP contribution in [-0.2, 0) is 21.9 Å². The summed E-state index contributed by atoms with van der Waals surface area (Å²) in [7, 11) is 0.708. The fourth-order valence-corrected chi connectivity index (χ4v) is 4.46. The standard InChI is InChI=1S/C14H22N4O2S/c1-17(2)13-15-9-11-5-7-14(12(11)16-13)6-4-8-18(10-14)21(3,19)20/h9H,4-8,10H2,1-3H3. The Labute approximate surface area is 126 Å². The lowest BCUT2D eigenvalue weighted by Crippen LogP contribution is -2.47. The molecule has 1 fully saturated rings. The maximum atomic E-state index is 11.9. The number of rotatable bonds is 2. The number of fused-ring (bicyclic) bond motifs is 2. The summed E-state index contributed by atoms with van der Waals surface area (Å²) >= 11 is 0. The molecule has 1 unspecified atom stereocenters. The van der Waals surface area contributed by atoms with Crippen LogP contribution < -0.4 is 4.90 Å². The van der Waals surface area contributed by atoms with Crippen molar-refractivity contribution in [3.05, 3.63) is 17.5 Å². The van der Waals surface area contributed by atoms with Crippen LogP contribution in [0.4, 0.5) is 5.95 Å². The largest absolute Gasteiger partial charge is 0.347 e. The van der Waals surface area contributed by atoms with E-state index >= 15 is 0 Å². The molecule has 0 amide bonds. The van der Waals surface area contributed by atoms with Crippen molar-refractivity contribution in [3.63, 3.8) is 0 Å². The Morgan fingerprint density at radius 1 is 1.33 bits per heavy atom. The summed E-state index contributed by atoms with van der Waals surface area (Å²) in [5.74, 6) is 0.700. The van der Waals surface area contributed by atoms with Crippen LogP contribution in [0.2, 0.25) is 0 Å². The minimum atomic E-state index is -3.14. The Hall–Kier alpha value is -1.21. The summed E-state index contributed by atoms with van der Waals surface area (Å²) in [5, 5.41) is 0. The number of aryl methyl sites for hydroxylation is 1. The molecular formula is C14H22N4O2S. The van der Waals surface area contributed by atoms with Gasteiger partial charge in [-0.05, 0) is 31.2 Å². The molecule has 1 aromatic heterocycles. The predicted octanol–water partition coefficient (Wildman–Crippen LogP) is 0.782. The van der Waals surface area contributed by atoms with E-state index in [1.807, 2.05) is 25.2 Å². The van der Waals surface area contributed by atoms with Gasteiger partial charge in [0, 0.05) is 38.8 Å². The lowest BCUT2D eigenvalue weighted by atomic mass is 9.78. The molecule has 116 valence electrons. The Morgan fingerprint density at radius 2 is 2.10 bits per heavy atom. The Balaban J connectivity index is 2.00. The van der Waals surface area contributed by atoms with E-state index in [4.69, 9.17) is 4.98 Å². The van der Waals surface area contributed by atoms with Crippen LogP contribution >= 0.6 is 0 Å². The van der Waals surface area contributed by atoms with Crippen LogP contribution in [0.5, 0.6) is 0 Å². The molecule has 21 heavy (non-hydrogen) atoms. The number of piperidine rings is 1. The van der Waals surface area contributed by atoms with E-state index in [1.54, 1.807) is 4.31 Å². The van der Waals surface area contributed by atoms with Gasteiger partial charge in [0.25, 0.3) is 0 Å². The first-order valence-electron chi connectivity index (χ1n) is 7.31. The molecule has 3 rings (SSSR count). The van der Waals surface area contributed by atoms with E-state index in [1.165, 1.54) is 11.8 Å². The average molecular weight is 310 g/mol. The van der Waals surface area contributed by atoms with E-state index in [0.717, 1.165) is 31.4 Å². The number of aromatic nitrogens is 2. The summed E-state index contributed by atoms with van der Waals surface area (Å²) in [6, 6.07) is 0. The molecule has 0 N–H and O–H groups in total. The van der Waals surface area contributed by atoms with Gasteiger partial charge in [0.05, 0.1) is 11.9 Å². The van der Waals surface area contributed by atoms with Crippen molar-refractivity contribution in [1.82, 2.24) is 14.3 Å². The zero-order valence-electron chi connectivity index (χ0n) is 12.8. The molecule has 0 radical (unpaired) electrons. The highest BCUT2D eigenvalue weighted by molar-refractivity contribution is 7.88. The van der Waals surface area contributed by atoms with Gasteiger partial charge in [0.1, 0.15) is 0 Å². The topological polar surface area (TPSA) is 66.4 Å². The molecule has 1 aromatic rings. The van der Waals surface area contributed by atoms with Crippen LogP contribution in [0.3, 0.4) is 0 Å². The van der Waals surface area contributed by atoms with Gasteiger partial charge in [0.2, 0.25) is 16.0 Å². The summed E-state index contributed by atoms with van der Waals surface area (Å²) < 4.78 is 25.4. The van der Waals surface area contributed by atoms with E-state index in [-0.39, 0.29) is 5.41 Å². The molecule has 1 aliphatic heterocycles. The van der Waals surface area contributed by atoms with Gasteiger partial charge in [-0.1, -0.05) is 0 Å². The maximum absolute atomic E-state index is 11.9. The molecule has 0 bridgehead atoms. The molecule has 0 saturated carbocycles. The van der Waals surface area contributed by atoms with Crippen molar-refractivity contribution in [2.24, 2.45) is 0 Å². The Bertz CT molecular complexity index is 655. The first-order valence-corrected chi connectivity index (χ1v) is 9.15. The van der Waals surface area contributed by atoms with Crippen molar-refractivity contribution in [2.75, 3.05) is 38.3 Å². The normalized spacial score (nSPS) is 26.0. The van der Waals surface area contributed by atoms with E-state index in [9.17, 15) is 8.42 Å². The lowest BCUT2D eigenvalue weighted by Gasteiger charge is -2.39. The predicted molar refractivity (Wildman–Crippen MR) is 82.0 cm³/mol. The van der Waals surface area contributed by atoms with Crippen LogP contribution in [0.25, 0.3) is 0 Å². The van der Waals surface area contributed by atoms with Crippen LogP contribution in [-0.4, -0.2) is 56.1 Å². The molecule has 1 saturated heterocycles. The zero-order chi connectivity index (χ0) is 15.3. The Kier molecular flexibility index (Phi) is 3.44. The molecule has 1 atom stereocenters. The average Bonchev–Trinajstić information content (AvgIpc) is 2.76. The summed E-state index contributed by atoms with van der Waals surface area (Å²) in [4.78, 5) is 11.0. The fraction of sp³-hybridized carbons (Fsp3) is 0.714. The third-order valence-corrected chi connectivity index (χ3v) is 5.89. The third-order valence-electron chi connectivity index (χ3n) is 4.64. The molecule has 0 aromatic carbocycles. The van der Waals surface area contributed by atoms with Gasteiger partial charge < -0.3 is 4.90 Å². The smallest absolute Gasteiger partial charge is 0.225 e. The van der Waals surface area contributed by atoms with Crippen LogP contribution in [0, 0.1) is 0 Å². The molecule has 6 nitrogen and oxygen atoms in total. The number of nitrogens with zero attached hydrogens (tertiary/aromatic N) is 4. The van der Waals surface area contributed by atoms with Crippen molar-refractivity contribution >= 4 is 16.0 Å². The second-order valence-electron chi connectivity index (χ2n) is 6.42. The molecular weight excluding hydrogens is 288 g/mol. The monoisotopic (exact) mass is 310 g/mol. The number of anilines is 1. The molecule has 1 aliphatic carbocycles. The summed E-state index contributed by atoms with van der Waals surface area (Å²) in [6.45, 7) is 1.18. The molecule has 1 spiro atoms. The third kappa shape index (κ3) is 2.53. The quantitative estimate of drug-likeness (QED) is 0.808. The van der Waals surface area contributed by atoms with Gasteiger partial charge in [-0.15, -0.1) is 0 Å². The SMILES string of the molecule is CN(C)c1ncc2c(n1)C1(CCCN(S(C)(=O)=O)C1)CC2. The fourth-order valence-electron chi connectivity index (χ4n) is 3.52.